The lowest BCUT2D eigenvalue weighted by Crippen LogP contribution is -2.12. The zero-order chi connectivity index (χ0) is 19.4. The van der Waals surface area contributed by atoms with E-state index < -0.39 is 5.56 Å². The fourth-order valence-corrected chi connectivity index (χ4v) is 3.53. The highest BCUT2D eigenvalue weighted by atomic mass is 127. The number of hydrogen-bond acceptors (Lipinski definition) is 4. The minimum absolute atomic E-state index is 0.0800. The summed E-state index contributed by atoms with van der Waals surface area (Å²) in [6.45, 7) is 2.20. The number of H-pyrrole nitrogens is 1. The van der Waals surface area contributed by atoms with Crippen LogP contribution in [-0.2, 0) is 6.61 Å². The molecule has 136 valence electrons. The largest absolute Gasteiger partial charge is 0.493 e. The summed E-state index contributed by atoms with van der Waals surface area (Å²) in [6, 6.07) is 17.3. The van der Waals surface area contributed by atoms with Crippen molar-refractivity contribution in [1.82, 2.24) is 4.98 Å². The molecule has 0 aliphatic rings. The SMILES string of the molecule is COc1cc(-c2cc(C)[nH]c(=O)c2C#N)cc(I)c1OCc1ccccc1. The van der Waals surface area contributed by atoms with Crippen molar-refractivity contribution in [2.45, 2.75) is 13.5 Å². The number of nitrogens with one attached hydrogen (secondary N) is 1. The average Bonchev–Trinajstić information content (AvgIpc) is 2.66. The Hall–Kier alpha value is -2.79. The zero-order valence-electron chi connectivity index (χ0n) is 14.9. The zero-order valence-corrected chi connectivity index (χ0v) is 17.0. The number of hydrogen-bond donors (Lipinski definition) is 1. The standard InChI is InChI=1S/C21H17IN2O3/c1-13-8-16(17(11-23)21(25)24-13)15-9-18(22)20(19(10-15)26-2)27-12-14-6-4-3-5-7-14/h3-10H,12H2,1-2H3,(H,24,25). The predicted molar refractivity (Wildman–Crippen MR) is 112 cm³/mol. The van der Waals surface area contributed by atoms with E-state index in [-0.39, 0.29) is 5.56 Å². The second kappa shape index (κ2) is 8.27. The van der Waals surface area contributed by atoms with Crippen molar-refractivity contribution in [1.29, 1.82) is 5.26 Å². The van der Waals surface area contributed by atoms with E-state index in [2.05, 4.69) is 27.6 Å². The Labute approximate surface area is 170 Å². The summed E-state index contributed by atoms with van der Waals surface area (Å²) >= 11 is 2.17. The number of methoxy groups -OCH3 is 1. The van der Waals surface area contributed by atoms with Crippen molar-refractivity contribution in [2.75, 3.05) is 7.11 Å². The first-order chi connectivity index (χ1) is 13.0. The first kappa shape index (κ1) is 19.0. The summed E-state index contributed by atoms with van der Waals surface area (Å²) in [5, 5.41) is 9.38. The van der Waals surface area contributed by atoms with Crippen molar-refractivity contribution in [2.24, 2.45) is 0 Å². The van der Waals surface area contributed by atoms with Crippen molar-refractivity contribution >= 4 is 22.6 Å². The monoisotopic (exact) mass is 472 g/mol. The van der Waals surface area contributed by atoms with E-state index in [1.54, 1.807) is 26.2 Å². The molecule has 0 bridgehead atoms. The highest BCUT2D eigenvalue weighted by Crippen LogP contribution is 2.38. The van der Waals surface area contributed by atoms with Crippen LogP contribution >= 0.6 is 22.6 Å². The molecule has 2 aromatic carbocycles. The highest BCUT2D eigenvalue weighted by molar-refractivity contribution is 14.1. The first-order valence-electron chi connectivity index (χ1n) is 8.22. The number of aromatic nitrogens is 1. The summed E-state index contributed by atoms with van der Waals surface area (Å²) in [5.74, 6) is 1.18. The number of aryl methyl sites for hydroxylation is 1. The molecule has 3 aromatic rings. The van der Waals surface area contributed by atoms with Gasteiger partial charge in [0, 0.05) is 11.3 Å². The number of rotatable bonds is 5. The van der Waals surface area contributed by atoms with Crippen LogP contribution in [0.5, 0.6) is 11.5 Å². The Morgan fingerprint density at radius 3 is 2.59 bits per heavy atom. The Kier molecular flexibility index (Phi) is 5.81. The number of halogens is 1. The number of aromatic amines is 1. The van der Waals surface area contributed by atoms with Crippen LogP contribution in [0.2, 0.25) is 0 Å². The topological polar surface area (TPSA) is 75.1 Å². The van der Waals surface area contributed by atoms with Crippen LogP contribution in [0.15, 0.2) is 53.3 Å². The molecule has 0 fully saturated rings. The van der Waals surface area contributed by atoms with Crippen LogP contribution in [0, 0.1) is 21.8 Å². The van der Waals surface area contributed by atoms with E-state index in [0.717, 1.165) is 14.7 Å². The lowest BCUT2D eigenvalue weighted by Gasteiger charge is -2.15. The summed E-state index contributed by atoms with van der Waals surface area (Å²) < 4.78 is 12.3. The van der Waals surface area contributed by atoms with Gasteiger partial charge in [-0.2, -0.15) is 5.26 Å². The molecule has 0 unspecified atom stereocenters. The van der Waals surface area contributed by atoms with E-state index in [1.807, 2.05) is 42.5 Å². The van der Waals surface area contributed by atoms with Gasteiger partial charge in [0.1, 0.15) is 18.2 Å². The quantitative estimate of drug-likeness (QED) is 0.559. The van der Waals surface area contributed by atoms with Crippen LogP contribution in [0.4, 0.5) is 0 Å². The molecule has 27 heavy (non-hydrogen) atoms. The lowest BCUT2D eigenvalue weighted by molar-refractivity contribution is 0.282. The molecule has 0 radical (unpaired) electrons. The Bertz CT molecular complexity index is 1070. The summed E-state index contributed by atoms with van der Waals surface area (Å²) in [4.78, 5) is 14.8. The van der Waals surface area contributed by atoms with Gasteiger partial charge in [0.25, 0.3) is 5.56 Å². The fraction of sp³-hybridized carbons (Fsp3) is 0.143. The molecule has 0 atom stereocenters. The third kappa shape index (κ3) is 4.14. The van der Waals surface area contributed by atoms with Gasteiger partial charge in [0.15, 0.2) is 11.5 Å². The van der Waals surface area contributed by atoms with Gasteiger partial charge in [-0.1, -0.05) is 30.3 Å². The number of benzene rings is 2. The minimum atomic E-state index is -0.397. The molecule has 6 heteroatoms. The maximum Gasteiger partial charge on any atom is 0.266 e. The van der Waals surface area contributed by atoms with Gasteiger partial charge in [-0.3, -0.25) is 4.79 Å². The van der Waals surface area contributed by atoms with Crippen LogP contribution in [0.25, 0.3) is 11.1 Å². The van der Waals surface area contributed by atoms with Gasteiger partial charge in [-0.05, 0) is 58.8 Å². The molecule has 0 aliphatic heterocycles. The number of nitrogens with zero attached hydrogens (tertiary/aromatic N) is 1. The van der Waals surface area contributed by atoms with Crippen molar-refractivity contribution in [3.05, 3.63) is 79.3 Å². The number of ether oxygens (including phenoxy) is 2. The summed E-state index contributed by atoms with van der Waals surface area (Å²) in [7, 11) is 1.57. The maximum absolute atomic E-state index is 12.1. The van der Waals surface area contributed by atoms with Crippen molar-refractivity contribution in [3.63, 3.8) is 0 Å². The molecular weight excluding hydrogens is 455 g/mol. The molecular formula is C21H17IN2O3. The Balaban J connectivity index is 2.03. The third-order valence-corrected chi connectivity index (χ3v) is 4.85. The number of pyridine rings is 1. The molecule has 0 saturated heterocycles. The van der Waals surface area contributed by atoms with Crippen LogP contribution in [0.3, 0.4) is 0 Å². The molecule has 1 heterocycles. The van der Waals surface area contributed by atoms with E-state index in [9.17, 15) is 10.1 Å². The van der Waals surface area contributed by atoms with E-state index >= 15 is 0 Å². The van der Waals surface area contributed by atoms with E-state index in [4.69, 9.17) is 9.47 Å². The van der Waals surface area contributed by atoms with Crippen LogP contribution < -0.4 is 15.0 Å². The molecule has 0 spiro atoms. The van der Waals surface area contributed by atoms with Crippen molar-refractivity contribution in [3.8, 4) is 28.7 Å². The molecule has 0 amide bonds. The predicted octanol–water partition coefficient (Wildman–Crippen LogP) is 4.41. The van der Waals surface area contributed by atoms with Crippen molar-refractivity contribution < 1.29 is 9.47 Å². The third-order valence-electron chi connectivity index (χ3n) is 4.05. The minimum Gasteiger partial charge on any atom is -0.493 e. The molecule has 3 rings (SSSR count). The van der Waals surface area contributed by atoms with E-state index in [1.165, 1.54) is 0 Å². The molecule has 1 N–H and O–H groups in total. The van der Waals surface area contributed by atoms with E-state index in [0.29, 0.717) is 29.4 Å². The van der Waals surface area contributed by atoms with Gasteiger partial charge in [0.2, 0.25) is 0 Å². The molecule has 0 saturated carbocycles. The average molecular weight is 472 g/mol. The molecule has 1 aromatic heterocycles. The van der Waals surface area contributed by atoms with Gasteiger partial charge in [0.05, 0.1) is 10.7 Å². The van der Waals surface area contributed by atoms with Gasteiger partial charge >= 0.3 is 0 Å². The van der Waals surface area contributed by atoms with Gasteiger partial charge < -0.3 is 14.5 Å². The number of nitriles is 1. The second-order valence-corrected chi connectivity index (χ2v) is 7.11. The van der Waals surface area contributed by atoms with Gasteiger partial charge in [-0.15, -0.1) is 0 Å². The highest BCUT2D eigenvalue weighted by Gasteiger charge is 2.16. The normalized spacial score (nSPS) is 10.3. The summed E-state index contributed by atoms with van der Waals surface area (Å²) in [6.07, 6.45) is 0. The molecule has 0 aliphatic carbocycles. The fourth-order valence-electron chi connectivity index (χ4n) is 2.77. The van der Waals surface area contributed by atoms with Gasteiger partial charge in [-0.25, -0.2) is 0 Å². The first-order valence-corrected chi connectivity index (χ1v) is 9.30. The maximum atomic E-state index is 12.1. The van der Waals surface area contributed by atoms with Crippen LogP contribution in [-0.4, -0.2) is 12.1 Å². The van der Waals surface area contributed by atoms with Crippen LogP contribution in [0.1, 0.15) is 16.8 Å². The summed E-state index contributed by atoms with van der Waals surface area (Å²) in [5.41, 5.74) is 2.73. The second-order valence-electron chi connectivity index (χ2n) is 5.95. The Morgan fingerprint density at radius 1 is 1.19 bits per heavy atom. The Morgan fingerprint density at radius 2 is 1.93 bits per heavy atom. The molecule has 5 nitrogen and oxygen atoms in total. The lowest BCUT2D eigenvalue weighted by atomic mass is 10.0. The smallest absolute Gasteiger partial charge is 0.266 e.